The third-order valence-electron chi connectivity index (χ3n) is 2.95. The normalized spacial score (nSPS) is 21.2. The van der Waals surface area contributed by atoms with Crippen LogP contribution in [-0.2, 0) is 16.3 Å². The molecule has 114 valence electrons. The molecular formula is C12H16F2O4S2. The predicted octanol–water partition coefficient (Wildman–Crippen LogP) is 2.41. The van der Waals surface area contributed by atoms with Crippen LogP contribution in [0.3, 0.4) is 0 Å². The number of fused-ring (bicyclic) bond motifs is 1. The molecule has 1 heterocycles. The summed E-state index contributed by atoms with van der Waals surface area (Å²) in [6.45, 7) is 4.10. The maximum atomic E-state index is 13.6. The zero-order chi connectivity index (χ0) is 15.3. The third kappa shape index (κ3) is 2.68. The van der Waals surface area contributed by atoms with Crippen molar-refractivity contribution in [3.05, 3.63) is 11.1 Å². The molecule has 0 saturated carbocycles. The van der Waals surface area contributed by atoms with Crippen LogP contribution in [0.25, 0.3) is 0 Å². The highest BCUT2D eigenvalue weighted by Crippen LogP contribution is 2.53. The number of rotatable bonds is 4. The fourth-order valence-corrected chi connectivity index (χ4v) is 4.47. The number of alkyl halides is 2. The lowest BCUT2D eigenvalue weighted by molar-refractivity contribution is -0.0976. The van der Waals surface area contributed by atoms with Gasteiger partial charge in [-0.05, 0) is 5.92 Å². The Bertz CT molecular complexity index is 620. The standard InChI is InChI=1S/C12H16F2O4S2/c1-6(2)5-18-10-7-4-12(13,14)9(15)8(7)11(19-10)20(3,16)17/h6,9,15H,4-5H2,1-3H3/t9-/m0/s1. The number of aliphatic hydroxyl groups excluding tert-OH is 1. The third-order valence-corrected chi connectivity index (χ3v) is 5.95. The fraction of sp³-hybridized carbons (Fsp3) is 0.667. The van der Waals surface area contributed by atoms with E-state index in [1.807, 2.05) is 13.8 Å². The lowest BCUT2D eigenvalue weighted by Crippen LogP contribution is -2.22. The molecule has 1 aliphatic carbocycles. The number of hydrogen-bond acceptors (Lipinski definition) is 5. The molecule has 0 bridgehead atoms. The Morgan fingerprint density at radius 1 is 1.50 bits per heavy atom. The van der Waals surface area contributed by atoms with E-state index in [1.54, 1.807) is 0 Å². The SMILES string of the molecule is CC(C)COc1sc(S(C)(=O)=O)c2c1CC(F)(F)[C@H]2O. The van der Waals surface area contributed by atoms with Crippen molar-refractivity contribution >= 4 is 21.2 Å². The van der Waals surface area contributed by atoms with Crippen molar-refractivity contribution in [3.63, 3.8) is 0 Å². The first-order valence-electron chi connectivity index (χ1n) is 6.08. The van der Waals surface area contributed by atoms with Crippen LogP contribution in [0.4, 0.5) is 8.78 Å². The maximum absolute atomic E-state index is 13.6. The van der Waals surface area contributed by atoms with E-state index in [1.165, 1.54) is 0 Å². The van der Waals surface area contributed by atoms with Gasteiger partial charge in [0.1, 0.15) is 10.3 Å². The first kappa shape index (κ1) is 15.7. The summed E-state index contributed by atoms with van der Waals surface area (Å²) in [6.07, 6.45) is -1.84. The first-order valence-corrected chi connectivity index (χ1v) is 8.79. The molecule has 8 heteroatoms. The van der Waals surface area contributed by atoms with Gasteiger partial charge in [0.25, 0.3) is 5.92 Å². The predicted molar refractivity (Wildman–Crippen MR) is 71.4 cm³/mol. The van der Waals surface area contributed by atoms with Crippen LogP contribution in [0, 0.1) is 5.92 Å². The van der Waals surface area contributed by atoms with E-state index in [0.717, 1.165) is 17.6 Å². The molecule has 0 fully saturated rings. The highest BCUT2D eigenvalue weighted by atomic mass is 32.2. The molecule has 1 atom stereocenters. The van der Waals surface area contributed by atoms with Crippen molar-refractivity contribution in [3.8, 4) is 5.06 Å². The number of aliphatic hydroxyl groups is 1. The molecule has 20 heavy (non-hydrogen) atoms. The lowest BCUT2D eigenvalue weighted by atomic mass is 10.2. The van der Waals surface area contributed by atoms with Crippen LogP contribution in [0.1, 0.15) is 31.1 Å². The zero-order valence-corrected chi connectivity index (χ0v) is 12.9. The van der Waals surface area contributed by atoms with Gasteiger partial charge in [-0.1, -0.05) is 25.2 Å². The Labute approximate surface area is 120 Å². The van der Waals surface area contributed by atoms with Crippen molar-refractivity contribution in [2.75, 3.05) is 12.9 Å². The summed E-state index contributed by atoms with van der Waals surface area (Å²) in [5.74, 6) is -3.17. The molecule has 0 amide bonds. The van der Waals surface area contributed by atoms with Gasteiger partial charge in [0.15, 0.2) is 14.9 Å². The molecular weight excluding hydrogens is 310 g/mol. The number of hydrogen-bond donors (Lipinski definition) is 1. The minimum Gasteiger partial charge on any atom is -0.483 e. The summed E-state index contributed by atoms with van der Waals surface area (Å²) in [4.78, 5) is 0. The summed E-state index contributed by atoms with van der Waals surface area (Å²) in [5.41, 5.74) is -0.0742. The highest BCUT2D eigenvalue weighted by Gasteiger charge is 2.51. The molecule has 1 aliphatic rings. The van der Waals surface area contributed by atoms with Crippen LogP contribution >= 0.6 is 11.3 Å². The van der Waals surface area contributed by atoms with E-state index in [4.69, 9.17) is 4.74 Å². The summed E-state index contributed by atoms with van der Waals surface area (Å²) in [7, 11) is -3.68. The average Bonchev–Trinajstić information content (AvgIpc) is 2.72. The number of ether oxygens (including phenoxy) is 1. The van der Waals surface area contributed by atoms with Gasteiger partial charge in [-0.15, -0.1) is 0 Å². The van der Waals surface area contributed by atoms with Crippen molar-refractivity contribution in [2.45, 2.75) is 36.5 Å². The molecule has 0 unspecified atom stereocenters. The quantitative estimate of drug-likeness (QED) is 0.923. The Hall–Kier alpha value is -0.730. The largest absolute Gasteiger partial charge is 0.483 e. The lowest BCUT2D eigenvalue weighted by Gasteiger charge is -2.14. The van der Waals surface area contributed by atoms with Gasteiger partial charge in [-0.3, -0.25) is 0 Å². The van der Waals surface area contributed by atoms with Crippen LogP contribution in [0.15, 0.2) is 4.21 Å². The van der Waals surface area contributed by atoms with E-state index in [9.17, 15) is 22.3 Å². The van der Waals surface area contributed by atoms with E-state index < -0.39 is 28.3 Å². The topological polar surface area (TPSA) is 63.6 Å². The smallest absolute Gasteiger partial charge is 0.281 e. The minimum absolute atomic E-state index is 0.119. The molecule has 4 nitrogen and oxygen atoms in total. The molecule has 0 radical (unpaired) electrons. The van der Waals surface area contributed by atoms with Crippen molar-refractivity contribution in [2.24, 2.45) is 5.92 Å². The Kier molecular flexibility index (Phi) is 3.85. The Morgan fingerprint density at radius 3 is 2.60 bits per heavy atom. The fourth-order valence-electron chi connectivity index (χ4n) is 2.06. The van der Waals surface area contributed by atoms with E-state index in [0.29, 0.717) is 6.61 Å². The Balaban J connectivity index is 2.51. The summed E-state index contributed by atoms with van der Waals surface area (Å²) < 4.78 is 55.8. The molecule has 0 spiro atoms. The van der Waals surface area contributed by atoms with Crippen LogP contribution < -0.4 is 4.74 Å². The molecule has 0 aromatic carbocycles. The zero-order valence-electron chi connectivity index (χ0n) is 11.3. The van der Waals surface area contributed by atoms with Gasteiger partial charge in [0.2, 0.25) is 0 Å². The van der Waals surface area contributed by atoms with Gasteiger partial charge in [-0.2, -0.15) is 0 Å². The van der Waals surface area contributed by atoms with Gasteiger partial charge in [0.05, 0.1) is 6.61 Å². The summed E-state index contributed by atoms with van der Waals surface area (Å²) in [5, 5.41) is 9.85. The summed E-state index contributed by atoms with van der Waals surface area (Å²) in [6, 6.07) is 0. The minimum atomic E-state index is -3.68. The van der Waals surface area contributed by atoms with E-state index in [2.05, 4.69) is 0 Å². The van der Waals surface area contributed by atoms with Gasteiger partial charge < -0.3 is 9.84 Å². The first-order chi connectivity index (χ1) is 9.04. The second-order valence-corrected chi connectivity index (χ2v) is 8.58. The van der Waals surface area contributed by atoms with E-state index >= 15 is 0 Å². The molecule has 0 aliphatic heterocycles. The number of halogens is 2. The van der Waals surface area contributed by atoms with E-state index in [-0.39, 0.29) is 26.3 Å². The maximum Gasteiger partial charge on any atom is 0.281 e. The van der Waals surface area contributed by atoms with Crippen LogP contribution in [0.5, 0.6) is 5.06 Å². The van der Waals surface area contributed by atoms with Crippen LogP contribution in [-0.4, -0.2) is 32.3 Å². The van der Waals surface area contributed by atoms with Gasteiger partial charge >= 0.3 is 0 Å². The molecule has 2 rings (SSSR count). The van der Waals surface area contributed by atoms with Crippen molar-refractivity contribution in [1.29, 1.82) is 0 Å². The molecule has 1 aromatic heterocycles. The molecule has 0 saturated heterocycles. The monoisotopic (exact) mass is 326 g/mol. The second kappa shape index (κ2) is 4.92. The molecule has 1 aromatic rings. The second-order valence-electron chi connectivity index (χ2n) is 5.39. The Morgan fingerprint density at radius 2 is 2.10 bits per heavy atom. The van der Waals surface area contributed by atoms with Crippen molar-refractivity contribution in [1.82, 2.24) is 0 Å². The number of sulfone groups is 1. The average molecular weight is 326 g/mol. The number of thiophene rings is 1. The van der Waals surface area contributed by atoms with Crippen LogP contribution in [0.2, 0.25) is 0 Å². The van der Waals surface area contributed by atoms with Gasteiger partial charge in [0, 0.05) is 23.8 Å². The van der Waals surface area contributed by atoms with Crippen molar-refractivity contribution < 1.29 is 27.0 Å². The summed E-state index contributed by atoms with van der Waals surface area (Å²) >= 11 is 0.812. The van der Waals surface area contributed by atoms with Gasteiger partial charge in [-0.25, -0.2) is 17.2 Å². The highest BCUT2D eigenvalue weighted by molar-refractivity contribution is 7.92. The molecule has 1 N–H and O–H groups in total.